The smallest absolute Gasteiger partial charge is 0.410 e. The number of aryl methyl sites for hydroxylation is 1. The third-order valence-corrected chi connectivity index (χ3v) is 3.61. The molecular weight excluding hydrogens is 326 g/mol. The standard InChI is InChI=1S/C16H25N5O4/c1-16(2,3)25-15(24)21(5)12(11-8-17-20(4)9-11)14(23)19-18-13(22)10-6-7-10/h8-10,12H,6-7H2,1-5H3,(H,18,22)(H,19,23)/t12-/m0/s1. The van der Waals surface area contributed by atoms with Gasteiger partial charge in [-0.3, -0.25) is 30.0 Å². The highest BCUT2D eigenvalue weighted by Crippen LogP contribution is 2.28. The van der Waals surface area contributed by atoms with E-state index in [1.54, 1.807) is 34.0 Å². The van der Waals surface area contributed by atoms with Gasteiger partial charge in [0.1, 0.15) is 11.6 Å². The van der Waals surface area contributed by atoms with Crippen molar-refractivity contribution in [2.24, 2.45) is 13.0 Å². The summed E-state index contributed by atoms with van der Waals surface area (Å²) in [6, 6.07) is -0.983. The van der Waals surface area contributed by atoms with E-state index in [9.17, 15) is 14.4 Å². The van der Waals surface area contributed by atoms with Crippen LogP contribution in [0.15, 0.2) is 12.4 Å². The summed E-state index contributed by atoms with van der Waals surface area (Å²) < 4.78 is 6.85. The molecule has 0 saturated heterocycles. The van der Waals surface area contributed by atoms with Gasteiger partial charge >= 0.3 is 6.09 Å². The summed E-state index contributed by atoms with van der Waals surface area (Å²) in [6.07, 6.45) is 4.13. The summed E-state index contributed by atoms with van der Waals surface area (Å²) in [5.41, 5.74) is 4.60. The third kappa shape index (κ3) is 5.20. The highest BCUT2D eigenvalue weighted by molar-refractivity contribution is 5.89. The first-order valence-electron chi connectivity index (χ1n) is 8.12. The molecule has 1 fully saturated rings. The van der Waals surface area contributed by atoms with Crippen LogP contribution in [0.4, 0.5) is 4.79 Å². The molecule has 3 amide bonds. The normalized spacial score (nSPS) is 15.2. The van der Waals surface area contributed by atoms with Crippen molar-refractivity contribution in [3.8, 4) is 0 Å². The summed E-state index contributed by atoms with van der Waals surface area (Å²) in [7, 11) is 3.18. The van der Waals surface area contributed by atoms with E-state index in [1.165, 1.54) is 22.8 Å². The molecule has 1 aromatic rings. The molecule has 1 heterocycles. The lowest BCUT2D eigenvalue weighted by Crippen LogP contribution is -2.49. The maximum atomic E-state index is 12.6. The summed E-state index contributed by atoms with van der Waals surface area (Å²) in [6.45, 7) is 5.23. The molecule has 1 atom stereocenters. The minimum Gasteiger partial charge on any atom is -0.444 e. The molecule has 138 valence electrons. The zero-order valence-electron chi connectivity index (χ0n) is 15.2. The molecule has 9 nitrogen and oxygen atoms in total. The van der Waals surface area contributed by atoms with Crippen LogP contribution >= 0.6 is 0 Å². The van der Waals surface area contributed by atoms with Crippen molar-refractivity contribution in [2.75, 3.05) is 7.05 Å². The second-order valence-corrected chi connectivity index (χ2v) is 7.19. The van der Waals surface area contributed by atoms with Gasteiger partial charge in [-0.05, 0) is 33.6 Å². The predicted octanol–water partition coefficient (Wildman–Crippen LogP) is 0.886. The molecule has 9 heteroatoms. The SMILES string of the molecule is CN(C(=O)OC(C)(C)C)[C@H](C(=O)NNC(=O)C1CC1)c1cnn(C)c1. The largest absolute Gasteiger partial charge is 0.444 e. The lowest BCUT2D eigenvalue weighted by Gasteiger charge is -2.29. The maximum absolute atomic E-state index is 12.6. The summed E-state index contributed by atoms with van der Waals surface area (Å²) in [5.74, 6) is -0.811. The number of amides is 3. The van der Waals surface area contributed by atoms with Crippen LogP contribution in [0.25, 0.3) is 0 Å². The lowest BCUT2D eigenvalue weighted by atomic mass is 10.1. The number of nitrogens with zero attached hydrogens (tertiary/aromatic N) is 3. The minimum absolute atomic E-state index is 0.0410. The summed E-state index contributed by atoms with van der Waals surface area (Å²) in [5, 5.41) is 4.04. The topological polar surface area (TPSA) is 106 Å². The van der Waals surface area contributed by atoms with E-state index < -0.39 is 23.6 Å². The number of carbonyl (C=O) groups excluding carboxylic acids is 3. The van der Waals surface area contributed by atoms with Crippen LogP contribution in [0.2, 0.25) is 0 Å². The molecule has 1 aliphatic rings. The zero-order chi connectivity index (χ0) is 18.8. The van der Waals surface area contributed by atoms with Crippen LogP contribution in [-0.2, 0) is 21.4 Å². The van der Waals surface area contributed by atoms with Crippen LogP contribution in [-0.4, -0.2) is 45.2 Å². The number of hydrogen-bond acceptors (Lipinski definition) is 5. The number of likely N-dealkylation sites (N-methyl/N-ethyl adjacent to an activating group) is 1. The van der Waals surface area contributed by atoms with Crippen LogP contribution in [0, 0.1) is 5.92 Å². The van der Waals surface area contributed by atoms with Crippen molar-refractivity contribution < 1.29 is 19.1 Å². The molecule has 1 aliphatic carbocycles. The van der Waals surface area contributed by atoms with Crippen LogP contribution < -0.4 is 10.9 Å². The monoisotopic (exact) mass is 351 g/mol. The number of nitrogens with one attached hydrogen (secondary N) is 2. The average molecular weight is 351 g/mol. The molecule has 0 aromatic carbocycles. The van der Waals surface area contributed by atoms with Gasteiger partial charge in [0.05, 0.1) is 6.20 Å². The molecule has 0 radical (unpaired) electrons. The van der Waals surface area contributed by atoms with Crippen LogP contribution in [0.3, 0.4) is 0 Å². The van der Waals surface area contributed by atoms with Crippen molar-refractivity contribution in [2.45, 2.75) is 45.3 Å². The molecule has 25 heavy (non-hydrogen) atoms. The van der Waals surface area contributed by atoms with Crippen molar-refractivity contribution in [1.82, 2.24) is 25.5 Å². The Morgan fingerprint density at radius 3 is 2.44 bits per heavy atom. The number of hydrazine groups is 1. The number of aromatic nitrogens is 2. The Kier molecular flexibility index (Phi) is 5.34. The summed E-state index contributed by atoms with van der Waals surface area (Å²) in [4.78, 5) is 37.8. The van der Waals surface area contributed by atoms with Gasteiger partial charge in [-0.2, -0.15) is 5.10 Å². The van der Waals surface area contributed by atoms with Gasteiger partial charge in [0.15, 0.2) is 0 Å². The zero-order valence-corrected chi connectivity index (χ0v) is 15.2. The maximum Gasteiger partial charge on any atom is 0.410 e. The van der Waals surface area contributed by atoms with Gasteiger partial charge in [0, 0.05) is 31.8 Å². The number of hydrogen-bond donors (Lipinski definition) is 2. The van der Waals surface area contributed by atoms with E-state index in [0.29, 0.717) is 5.56 Å². The molecule has 0 bridgehead atoms. The average Bonchev–Trinajstić information content (AvgIpc) is 3.26. The first kappa shape index (κ1) is 18.8. The third-order valence-electron chi connectivity index (χ3n) is 3.61. The van der Waals surface area contributed by atoms with E-state index in [-0.39, 0.29) is 11.8 Å². The fourth-order valence-corrected chi connectivity index (χ4v) is 2.21. The van der Waals surface area contributed by atoms with E-state index in [1.807, 2.05) is 0 Å². The van der Waals surface area contributed by atoms with E-state index in [4.69, 9.17) is 4.74 Å². The minimum atomic E-state index is -0.983. The van der Waals surface area contributed by atoms with Crippen molar-refractivity contribution in [3.05, 3.63) is 18.0 Å². The Morgan fingerprint density at radius 2 is 1.96 bits per heavy atom. The molecule has 0 unspecified atom stereocenters. The molecular formula is C16H25N5O4. The highest BCUT2D eigenvalue weighted by Gasteiger charge is 2.34. The number of rotatable bonds is 4. The molecule has 0 aliphatic heterocycles. The fourth-order valence-electron chi connectivity index (χ4n) is 2.21. The number of ether oxygens (including phenoxy) is 1. The van der Waals surface area contributed by atoms with Gasteiger partial charge in [-0.1, -0.05) is 0 Å². The fraction of sp³-hybridized carbons (Fsp3) is 0.625. The number of carbonyl (C=O) groups is 3. The Morgan fingerprint density at radius 1 is 1.32 bits per heavy atom. The van der Waals surface area contributed by atoms with Crippen molar-refractivity contribution in [3.63, 3.8) is 0 Å². The first-order valence-corrected chi connectivity index (χ1v) is 8.12. The van der Waals surface area contributed by atoms with E-state index in [2.05, 4.69) is 16.0 Å². The van der Waals surface area contributed by atoms with E-state index >= 15 is 0 Å². The Labute approximate surface area is 146 Å². The second kappa shape index (κ2) is 7.12. The van der Waals surface area contributed by atoms with Gasteiger partial charge in [-0.25, -0.2) is 4.79 Å². The van der Waals surface area contributed by atoms with Crippen LogP contribution in [0.1, 0.15) is 45.2 Å². The highest BCUT2D eigenvalue weighted by atomic mass is 16.6. The predicted molar refractivity (Wildman–Crippen MR) is 89.0 cm³/mol. The molecule has 1 aromatic heterocycles. The quantitative estimate of drug-likeness (QED) is 0.784. The lowest BCUT2D eigenvalue weighted by molar-refractivity contribution is -0.132. The van der Waals surface area contributed by atoms with Gasteiger partial charge in [0.25, 0.3) is 5.91 Å². The van der Waals surface area contributed by atoms with E-state index in [0.717, 1.165) is 12.8 Å². The van der Waals surface area contributed by atoms with Crippen molar-refractivity contribution >= 4 is 17.9 Å². The van der Waals surface area contributed by atoms with Gasteiger partial charge in [-0.15, -0.1) is 0 Å². The van der Waals surface area contributed by atoms with Crippen LogP contribution in [0.5, 0.6) is 0 Å². The molecule has 2 rings (SSSR count). The van der Waals surface area contributed by atoms with Gasteiger partial charge < -0.3 is 4.74 Å². The Balaban J connectivity index is 2.13. The molecule has 0 spiro atoms. The molecule has 2 N–H and O–H groups in total. The Hall–Kier alpha value is -2.58. The first-order chi connectivity index (χ1) is 11.6. The van der Waals surface area contributed by atoms with Gasteiger partial charge in [0.2, 0.25) is 5.91 Å². The second-order valence-electron chi connectivity index (χ2n) is 7.19. The van der Waals surface area contributed by atoms with Crippen molar-refractivity contribution in [1.29, 1.82) is 0 Å². The summed E-state index contributed by atoms with van der Waals surface area (Å²) >= 11 is 0. The molecule has 1 saturated carbocycles. The Bertz CT molecular complexity index is 660.